The third kappa shape index (κ3) is 5.16. The molecule has 1 atom stereocenters. The number of carboxylic acid groups (broad SMARTS) is 1. The van der Waals surface area contributed by atoms with Crippen LogP contribution in [0.25, 0.3) is 0 Å². The molecular weight excluding hydrogens is 152 g/mol. The molecule has 1 N–H and O–H groups in total. The van der Waals surface area contributed by atoms with E-state index in [1.807, 2.05) is 0 Å². The van der Waals surface area contributed by atoms with E-state index < -0.39 is 5.97 Å². The number of carbonyl (C=O) groups is 1. The average Bonchev–Trinajstić information content (AvgIpc) is 1.99. The number of aliphatic carboxylic acids is 1. The fraction of sp³-hybridized carbons (Fsp3) is 0.900. The Balaban J connectivity index is 0. The Kier molecular flexibility index (Phi) is 8.34. The molecule has 0 radical (unpaired) electrons. The highest BCUT2D eigenvalue weighted by Crippen LogP contribution is 2.18. The second-order valence-electron chi connectivity index (χ2n) is 3.16. The molecule has 0 aliphatic rings. The molecule has 74 valence electrons. The molecule has 0 spiro atoms. The Morgan fingerprint density at radius 3 is 2.00 bits per heavy atom. The van der Waals surface area contributed by atoms with Crippen LogP contribution in [-0.4, -0.2) is 11.1 Å². The predicted octanol–water partition coefficient (Wildman–Crippen LogP) is 3.17. The topological polar surface area (TPSA) is 37.3 Å². The fourth-order valence-corrected chi connectivity index (χ4v) is 1.22. The van der Waals surface area contributed by atoms with E-state index >= 15 is 0 Å². The van der Waals surface area contributed by atoms with Crippen LogP contribution in [0.4, 0.5) is 0 Å². The van der Waals surface area contributed by atoms with E-state index in [1.165, 1.54) is 0 Å². The predicted molar refractivity (Wildman–Crippen MR) is 52.2 cm³/mol. The molecule has 0 aliphatic carbocycles. The molecule has 0 aromatic heterocycles. The number of hydrogen-bond donors (Lipinski definition) is 1. The van der Waals surface area contributed by atoms with Gasteiger partial charge in [-0.3, -0.25) is 4.79 Å². The lowest BCUT2D eigenvalue weighted by Gasteiger charge is -2.14. The molecule has 0 bridgehead atoms. The van der Waals surface area contributed by atoms with Gasteiger partial charge in [-0.1, -0.05) is 41.0 Å². The molecule has 0 amide bonds. The van der Waals surface area contributed by atoms with Crippen molar-refractivity contribution in [1.82, 2.24) is 0 Å². The molecule has 0 aromatic rings. The minimum Gasteiger partial charge on any atom is -0.481 e. The first-order valence-corrected chi connectivity index (χ1v) is 4.34. The van der Waals surface area contributed by atoms with Gasteiger partial charge in [0.25, 0.3) is 0 Å². The molecular formula is C10H22O2. The van der Waals surface area contributed by atoms with Crippen LogP contribution in [0.2, 0.25) is 0 Å². The summed E-state index contributed by atoms with van der Waals surface area (Å²) in [5.74, 6) is -0.266. The van der Waals surface area contributed by atoms with Crippen LogP contribution in [-0.2, 0) is 4.79 Å². The number of rotatable bonds is 5. The van der Waals surface area contributed by atoms with Gasteiger partial charge in [-0.25, -0.2) is 0 Å². The van der Waals surface area contributed by atoms with Crippen LogP contribution >= 0.6 is 0 Å². The van der Waals surface area contributed by atoms with Gasteiger partial charge in [0.1, 0.15) is 0 Å². The molecule has 0 saturated heterocycles. The van der Waals surface area contributed by atoms with Gasteiger partial charge in [-0.2, -0.15) is 0 Å². The fourth-order valence-electron chi connectivity index (χ4n) is 1.22. The molecule has 1 unspecified atom stereocenters. The Morgan fingerprint density at radius 1 is 1.33 bits per heavy atom. The second-order valence-corrected chi connectivity index (χ2v) is 3.16. The summed E-state index contributed by atoms with van der Waals surface area (Å²) in [5.41, 5.74) is 0. The maximum absolute atomic E-state index is 10.5. The van der Waals surface area contributed by atoms with Gasteiger partial charge < -0.3 is 5.11 Å². The van der Waals surface area contributed by atoms with Crippen LogP contribution in [0.15, 0.2) is 0 Å². The largest absolute Gasteiger partial charge is 0.481 e. The zero-order valence-electron chi connectivity index (χ0n) is 7.63. The van der Waals surface area contributed by atoms with Gasteiger partial charge in [-0.05, 0) is 12.3 Å². The SMILES string of the molecule is C.CCC(CC)CC(C)C(=O)O. The monoisotopic (exact) mass is 174 g/mol. The van der Waals surface area contributed by atoms with E-state index in [-0.39, 0.29) is 13.3 Å². The maximum atomic E-state index is 10.5. The van der Waals surface area contributed by atoms with Crippen LogP contribution in [0.1, 0.15) is 47.5 Å². The normalized spacial score (nSPS) is 12.3. The zero-order valence-corrected chi connectivity index (χ0v) is 7.63. The van der Waals surface area contributed by atoms with Crippen molar-refractivity contribution in [2.75, 3.05) is 0 Å². The van der Waals surface area contributed by atoms with Gasteiger partial charge in [0.15, 0.2) is 0 Å². The van der Waals surface area contributed by atoms with Crippen LogP contribution in [0.3, 0.4) is 0 Å². The lowest BCUT2D eigenvalue weighted by molar-refractivity contribution is -0.141. The third-order valence-electron chi connectivity index (χ3n) is 2.26. The second kappa shape index (κ2) is 7.14. The average molecular weight is 174 g/mol. The molecule has 0 aliphatic heterocycles. The van der Waals surface area contributed by atoms with Crippen LogP contribution in [0, 0.1) is 11.8 Å². The van der Waals surface area contributed by atoms with Crippen molar-refractivity contribution < 1.29 is 9.90 Å². The molecule has 2 nitrogen and oxygen atoms in total. The summed E-state index contributed by atoms with van der Waals surface area (Å²) >= 11 is 0. The van der Waals surface area contributed by atoms with E-state index in [0.29, 0.717) is 5.92 Å². The third-order valence-corrected chi connectivity index (χ3v) is 2.26. The Hall–Kier alpha value is -0.530. The quantitative estimate of drug-likeness (QED) is 0.695. The van der Waals surface area contributed by atoms with Gasteiger partial charge in [-0.15, -0.1) is 0 Å². The van der Waals surface area contributed by atoms with Gasteiger partial charge >= 0.3 is 5.97 Å². The van der Waals surface area contributed by atoms with Crippen molar-refractivity contribution >= 4 is 5.97 Å². The Labute approximate surface area is 76.0 Å². The summed E-state index contributed by atoms with van der Waals surface area (Å²) in [4.78, 5) is 10.5. The molecule has 0 aromatic carbocycles. The highest BCUT2D eigenvalue weighted by Gasteiger charge is 2.15. The van der Waals surface area contributed by atoms with E-state index in [2.05, 4.69) is 13.8 Å². The first kappa shape index (κ1) is 14.0. The zero-order chi connectivity index (χ0) is 8.85. The molecule has 0 fully saturated rings. The molecule has 2 heteroatoms. The summed E-state index contributed by atoms with van der Waals surface area (Å²) in [6, 6.07) is 0. The minimum atomic E-state index is -0.670. The summed E-state index contributed by atoms with van der Waals surface area (Å²) in [6.07, 6.45) is 3.00. The molecule has 0 rings (SSSR count). The molecule has 0 saturated carbocycles. The van der Waals surface area contributed by atoms with E-state index in [9.17, 15) is 4.79 Å². The van der Waals surface area contributed by atoms with E-state index in [1.54, 1.807) is 6.92 Å². The van der Waals surface area contributed by atoms with Crippen molar-refractivity contribution in [3.8, 4) is 0 Å². The van der Waals surface area contributed by atoms with Crippen molar-refractivity contribution in [1.29, 1.82) is 0 Å². The van der Waals surface area contributed by atoms with Gasteiger partial charge in [0.05, 0.1) is 5.92 Å². The van der Waals surface area contributed by atoms with Gasteiger partial charge in [0, 0.05) is 0 Å². The summed E-state index contributed by atoms with van der Waals surface area (Å²) in [5, 5.41) is 8.62. The highest BCUT2D eigenvalue weighted by atomic mass is 16.4. The van der Waals surface area contributed by atoms with Crippen molar-refractivity contribution in [2.24, 2.45) is 11.8 Å². The summed E-state index contributed by atoms with van der Waals surface area (Å²) in [7, 11) is 0. The van der Waals surface area contributed by atoms with Crippen molar-refractivity contribution in [2.45, 2.75) is 47.5 Å². The van der Waals surface area contributed by atoms with Crippen LogP contribution in [0.5, 0.6) is 0 Å². The lowest BCUT2D eigenvalue weighted by atomic mass is 9.92. The summed E-state index contributed by atoms with van der Waals surface area (Å²) < 4.78 is 0. The standard InChI is InChI=1S/C9H18O2.CH4/c1-4-8(5-2)6-7(3)9(10)11;/h7-8H,4-6H2,1-3H3,(H,10,11);1H4. The first-order chi connectivity index (χ1) is 5.11. The highest BCUT2D eigenvalue weighted by molar-refractivity contribution is 5.69. The Morgan fingerprint density at radius 2 is 1.75 bits per heavy atom. The number of carboxylic acids is 1. The van der Waals surface area contributed by atoms with Crippen molar-refractivity contribution in [3.05, 3.63) is 0 Å². The van der Waals surface area contributed by atoms with Crippen LogP contribution < -0.4 is 0 Å². The lowest BCUT2D eigenvalue weighted by Crippen LogP contribution is -2.13. The smallest absolute Gasteiger partial charge is 0.306 e. The van der Waals surface area contributed by atoms with Crippen molar-refractivity contribution in [3.63, 3.8) is 0 Å². The Bertz CT molecular complexity index is 117. The maximum Gasteiger partial charge on any atom is 0.306 e. The minimum absolute atomic E-state index is 0. The first-order valence-electron chi connectivity index (χ1n) is 4.34. The van der Waals surface area contributed by atoms with E-state index in [0.717, 1.165) is 19.3 Å². The molecule has 12 heavy (non-hydrogen) atoms. The number of hydrogen-bond acceptors (Lipinski definition) is 1. The summed E-state index contributed by atoms with van der Waals surface area (Å²) in [6.45, 7) is 6.01. The molecule has 0 heterocycles. The van der Waals surface area contributed by atoms with Gasteiger partial charge in [0.2, 0.25) is 0 Å². The van der Waals surface area contributed by atoms with E-state index in [4.69, 9.17) is 5.11 Å².